The second kappa shape index (κ2) is 8.74. The maximum Gasteiger partial charge on any atom is 0.137 e. The number of rotatable bonds is 7. The molecule has 0 bridgehead atoms. The summed E-state index contributed by atoms with van der Waals surface area (Å²) in [7, 11) is 0. The van der Waals surface area contributed by atoms with Gasteiger partial charge in [0.2, 0.25) is 0 Å². The maximum absolute atomic E-state index is 4.65. The molecule has 1 N–H and O–H groups in total. The van der Waals surface area contributed by atoms with Crippen molar-refractivity contribution in [3.63, 3.8) is 0 Å². The molecule has 1 saturated carbocycles. The Labute approximate surface area is 155 Å². The van der Waals surface area contributed by atoms with Crippen molar-refractivity contribution in [2.75, 3.05) is 18.4 Å². The fourth-order valence-corrected chi connectivity index (χ4v) is 3.23. The fraction of sp³-hybridized carbons (Fsp3) is 0.500. The number of nitrogens with one attached hydrogen (secondary N) is 1. The SMILES string of the molecule is CCN(CC)/N=N/c1ccc(-c2cnc(C)nc2NC2CCCC2)cc1. The molecule has 0 radical (unpaired) electrons. The van der Waals surface area contributed by atoms with Crippen LogP contribution in [0.2, 0.25) is 0 Å². The van der Waals surface area contributed by atoms with Crippen LogP contribution >= 0.6 is 0 Å². The molecule has 1 aliphatic rings. The highest BCUT2D eigenvalue weighted by Gasteiger charge is 2.17. The van der Waals surface area contributed by atoms with Crippen LogP contribution in [0.15, 0.2) is 40.8 Å². The molecule has 0 atom stereocenters. The summed E-state index contributed by atoms with van der Waals surface area (Å²) in [6.45, 7) is 7.79. The van der Waals surface area contributed by atoms with Crippen LogP contribution in [0.25, 0.3) is 11.1 Å². The minimum Gasteiger partial charge on any atom is -0.367 e. The third kappa shape index (κ3) is 4.56. The summed E-state index contributed by atoms with van der Waals surface area (Å²) in [4.78, 5) is 9.04. The molecule has 1 aromatic carbocycles. The van der Waals surface area contributed by atoms with Crippen molar-refractivity contribution in [1.29, 1.82) is 0 Å². The predicted octanol–water partition coefficient (Wildman–Crippen LogP) is 5.15. The molecule has 1 heterocycles. The standard InChI is InChI=1S/C20H28N6/c1-4-26(5-2)25-24-18-12-10-16(11-13-18)19-14-21-15(3)22-20(19)23-17-8-6-7-9-17/h10-14,17H,4-9H2,1-3H3,(H,21,22,23)/b25-24+. The van der Waals surface area contributed by atoms with Crippen LogP contribution in [-0.2, 0) is 0 Å². The summed E-state index contributed by atoms with van der Waals surface area (Å²) >= 11 is 0. The van der Waals surface area contributed by atoms with Gasteiger partial charge in [0.25, 0.3) is 0 Å². The number of nitrogens with zero attached hydrogens (tertiary/aromatic N) is 5. The molecule has 0 aliphatic heterocycles. The van der Waals surface area contributed by atoms with Gasteiger partial charge in [-0.1, -0.05) is 30.2 Å². The number of aromatic nitrogens is 2. The fourth-order valence-electron chi connectivity index (χ4n) is 3.23. The van der Waals surface area contributed by atoms with E-state index in [0.29, 0.717) is 6.04 Å². The largest absolute Gasteiger partial charge is 0.367 e. The lowest BCUT2D eigenvalue weighted by atomic mass is 10.1. The first-order valence-corrected chi connectivity index (χ1v) is 9.56. The number of anilines is 1. The van der Waals surface area contributed by atoms with Gasteiger partial charge in [0.15, 0.2) is 0 Å². The van der Waals surface area contributed by atoms with E-state index in [0.717, 1.165) is 41.5 Å². The highest BCUT2D eigenvalue weighted by molar-refractivity contribution is 5.75. The van der Waals surface area contributed by atoms with Crippen molar-refractivity contribution in [3.8, 4) is 11.1 Å². The Kier molecular flexibility index (Phi) is 6.15. The van der Waals surface area contributed by atoms with Crippen LogP contribution < -0.4 is 5.32 Å². The minimum atomic E-state index is 0.519. The van der Waals surface area contributed by atoms with E-state index in [4.69, 9.17) is 0 Å². The summed E-state index contributed by atoms with van der Waals surface area (Å²) < 4.78 is 0. The zero-order valence-corrected chi connectivity index (χ0v) is 15.9. The molecular formula is C20H28N6. The molecule has 0 spiro atoms. The van der Waals surface area contributed by atoms with Gasteiger partial charge in [-0.05, 0) is 51.3 Å². The summed E-state index contributed by atoms with van der Waals surface area (Å²) in [6, 6.07) is 8.61. The second-order valence-corrected chi connectivity index (χ2v) is 6.68. The van der Waals surface area contributed by atoms with Crippen LogP contribution in [0, 0.1) is 6.92 Å². The quantitative estimate of drug-likeness (QED) is 0.553. The second-order valence-electron chi connectivity index (χ2n) is 6.68. The van der Waals surface area contributed by atoms with E-state index < -0.39 is 0 Å². The van der Waals surface area contributed by atoms with E-state index in [1.807, 2.05) is 30.3 Å². The topological polar surface area (TPSA) is 65.8 Å². The molecule has 2 aromatic rings. The predicted molar refractivity (Wildman–Crippen MR) is 106 cm³/mol. The summed E-state index contributed by atoms with van der Waals surface area (Å²) in [6.07, 6.45) is 6.93. The molecule has 0 unspecified atom stereocenters. The van der Waals surface area contributed by atoms with Gasteiger partial charge in [0, 0.05) is 30.9 Å². The molecule has 1 aromatic heterocycles. The molecule has 0 amide bonds. The first-order chi connectivity index (χ1) is 12.7. The third-order valence-corrected chi connectivity index (χ3v) is 4.80. The van der Waals surface area contributed by atoms with Crippen molar-refractivity contribution in [1.82, 2.24) is 15.0 Å². The monoisotopic (exact) mass is 352 g/mol. The van der Waals surface area contributed by atoms with Crippen LogP contribution in [0.5, 0.6) is 0 Å². The lowest BCUT2D eigenvalue weighted by molar-refractivity contribution is 0.301. The highest BCUT2D eigenvalue weighted by Crippen LogP contribution is 2.30. The molecule has 3 rings (SSSR count). The van der Waals surface area contributed by atoms with Gasteiger partial charge >= 0.3 is 0 Å². The Balaban J connectivity index is 1.80. The van der Waals surface area contributed by atoms with Gasteiger partial charge in [-0.15, -0.1) is 5.11 Å². The first-order valence-electron chi connectivity index (χ1n) is 9.56. The van der Waals surface area contributed by atoms with E-state index in [1.165, 1.54) is 25.7 Å². The Morgan fingerprint density at radius 1 is 1.12 bits per heavy atom. The summed E-state index contributed by atoms with van der Waals surface area (Å²) in [5, 5.41) is 14.1. The van der Waals surface area contributed by atoms with E-state index >= 15 is 0 Å². The molecule has 1 aliphatic carbocycles. The Bertz CT molecular complexity index is 730. The van der Waals surface area contributed by atoms with Crippen molar-refractivity contribution < 1.29 is 0 Å². The van der Waals surface area contributed by atoms with Crippen LogP contribution in [0.3, 0.4) is 0 Å². The van der Waals surface area contributed by atoms with E-state index in [2.05, 4.69) is 51.6 Å². The molecule has 6 heteroatoms. The van der Waals surface area contributed by atoms with Crippen LogP contribution in [-0.4, -0.2) is 34.1 Å². The molecule has 6 nitrogen and oxygen atoms in total. The summed E-state index contributed by atoms with van der Waals surface area (Å²) in [5.41, 5.74) is 2.97. The van der Waals surface area contributed by atoms with Crippen molar-refractivity contribution in [3.05, 3.63) is 36.3 Å². The Hall–Kier alpha value is -2.50. The molecule has 0 saturated heterocycles. The molecule has 1 fully saturated rings. The van der Waals surface area contributed by atoms with Crippen LogP contribution in [0.4, 0.5) is 11.5 Å². The number of aryl methyl sites for hydroxylation is 1. The smallest absolute Gasteiger partial charge is 0.137 e. The molecule has 138 valence electrons. The van der Waals surface area contributed by atoms with Gasteiger partial charge in [0.1, 0.15) is 11.6 Å². The number of hydrogen-bond acceptors (Lipinski definition) is 5. The van der Waals surface area contributed by atoms with E-state index in [9.17, 15) is 0 Å². The van der Waals surface area contributed by atoms with E-state index in [1.54, 1.807) is 0 Å². The van der Waals surface area contributed by atoms with Gasteiger partial charge in [-0.25, -0.2) is 9.97 Å². The van der Waals surface area contributed by atoms with E-state index in [-0.39, 0.29) is 0 Å². The molecule has 26 heavy (non-hydrogen) atoms. The zero-order chi connectivity index (χ0) is 18.4. The third-order valence-electron chi connectivity index (χ3n) is 4.80. The first kappa shape index (κ1) is 18.3. The lowest BCUT2D eigenvalue weighted by Crippen LogP contribution is -2.16. The average Bonchev–Trinajstić information content (AvgIpc) is 3.16. The van der Waals surface area contributed by atoms with Crippen molar-refractivity contribution in [2.45, 2.75) is 52.5 Å². The van der Waals surface area contributed by atoms with Gasteiger partial charge in [-0.3, -0.25) is 5.01 Å². The summed E-state index contributed by atoms with van der Waals surface area (Å²) in [5.74, 6) is 1.72. The maximum atomic E-state index is 4.65. The zero-order valence-electron chi connectivity index (χ0n) is 15.9. The number of hydrogen-bond donors (Lipinski definition) is 1. The van der Waals surface area contributed by atoms with Gasteiger partial charge in [0.05, 0.1) is 5.69 Å². The van der Waals surface area contributed by atoms with Crippen molar-refractivity contribution >= 4 is 11.5 Å². The minimum absolute atomic E-state index is 0.519. The van der Waals surface area contributed by atoms with Gasteiger partial charge in [-0.2, -0.15) is 0 Å². The Morgan fingerprint density at radius 3 is 2.46 bits per heavy atom. The molecular weight excluding hydrogens is 324 g/mol. The lowest BCUT2D eigenvalue weighted by Gasteiger charge is -2.16. The normalized spacial score (nSPS) is 14.9. The van der Waals surface area contributed by atoms with Crippen LogP contribution in [0.1, 0.15) is 45.4 Å². The van der Waals surface area contributed by atoms with Crippen molar-refractivity contribution in [2.24, 2.45) is 10.3 Å². The van der Waals surface area contributed by atoms with Gasteiger partial charge < -0.3 is 5.32 Å². The average molecular weight is 352 g/mol. The highest BCUT2D eigenvalue weighted by atomic mass is 15.5. The number of benzene rings is 1. The Morgan fingerprint density at radius 2 is 1.81 bits per heavy atom.